The highest BCUT2D eigenvalue weighted by Crippen LogP contribution is 2.38. The Labute approximate surface area is 211 Å². The Kier molecular flexibility index (Phi) is 8.72. The Hall–Kier alpha value is -2.53. The lowest BCUT2D eigenvalue weighted by Gasteiger charge is -2.42. The lowest BCUT2D eigenvalue weighted by Crippen LogP contribution is -2.52. The molecule has 1 saturated heterocycles. The van der Waals surface area contributed by atoms with E-state index in [9.17, 15) is 4.79 Å². The van der Waals surface area contributed by atoms with Crippen LogP contribution in [0.2, 0.25) is 0 Å². The van der Waals surface area contributed by atoms with E-state index in [1.807, 2.05) is 18.2 Å². The summed E-state index contributed by atoms with van der Waals surface area (Å²) in [6.07, 6.45) is 6.88. The molecule has 5 heteroatoms. The summed E-state index contributed by atoms with van der Waals surface area (Å²) in [5, 5.41) is 3.44. The minimum atomic E-state index is -0.273. The first-order chi connectivity index (χ1) is 17.0. The van der Waals surface area contributed by atoms with Gasteiger partial charge in [-0.3, -0.25) is 9.69 Å². The first-order valence-corrected chi connectivity index (χ1v) is 13.3. The summed E-state index contributed by atoms with van der Waals surface area (Å²) in [4.78, 5) is 16.3. The molecule has 5 nitrogen and oxygen atoms in total. The number of ether oxygens (including phenoxy) is 2. The molecule has 0 bridgehead atoms. The van der Waals surface area contributed by atoms with Crippen molar-refractivity contribution in [3.05, 3.63) is 59.7 Å². The van der Waals surface area contributed by atoms with E-state index in [1.165, 1.54) is 11.1 Å². The number of piperidine rings is 1. The standard InChI is InChI=1S/C30H42N2O3/c1-23(2)20-26-22-35-28-10-5-4-8-25(28)9-6-7-15-30(29(33)31-26)16-18-32(19-17-30)21-24-11-13-27(34-3)14-12-24/h4-5,8,10-14,23,26H,6-7,9,15-22H2,1-3H3,(H,31,33)/t26-/m0/s1. The van der Waals surface area contributed by atoms with Crippen LogP contribution in [-0.2, 0) is 17.8 Å². The Morgan fingerprint density at radius 1 is 1.06 bits per heavy atom. The zero-order valence-electron chi connectivity index (χ0n) is 21.7. The molecule has 2 aromatic carbocycles. The zero-order chi connectivity index (χ0) is 24.7. The van der Waals surface area contributed by atoms with Crippen LogP contribution in [0.3, 0.4) is 0 Å². The quantitative estimate of drug-likeness (QED) is 0.607. The molecular weight excluding hydrogens is 436 g/mol. The van der Waals surface area contributed by atoms with Gasteiger partial charge in [0.25, 0.3) is 0 Å². The molecular formula is C30H42N2O3. The number of nitrogens with zero attached hydrogens (tertiary/aromatic N) is 1. The van der Waals surface area contributed by atoms with Crippen molar-refractivity contribution >= 4 is 5.91 Å². The third kappa shape index (κ3) is 6.78. The number of likely N-dealkylation sites (tertiary alicyclic amines) is 1. The lowest BCUT2D eigenvalue weighted by atomic mass is 9.73. The lowest BCUT2D eigenvalue weighted by molar-refractivity contribution is -0.136. The highest BCUT2D eigenvalue weighted by molar-refractivity contribution is 5.83. The summed E-state index contributed by atoms with van der Waals surface area (Å²) in [5.41, 5.74) is 2.30. The molecule has 0 aromatic heterocycles. The van der Waals surface area contributed by atoms with E-state index >= 15 is 0 Å². The van der Waals surface area contributed by atoms with Gasteiger partial charge < -0.3 is 14.8 Å². The third-order valence-corrected chi connectivity index (χ3v) is 7.72. The molecule has 0 saturated carbocycles. The molecule has 2 heterocycles. The van der Waals surface area contributed by atoms with Gasteiger partial charge >= 0.3 is 0 Å². The van der Waals surface area contributed by atoms with Crippen molar-refractivity contribution < 1.29 is 14.3 Å². The van der Waals surface area contributed by atoms with Gasteiger partial charge in [-0.15, -0.1) is 0 Å². The second-order valence-electron chi connectivity index (χ2n) is 10.8. The maximum absolute atomic E-state index is 13.8. The number of benzene rings is 2. The van der Waals surface area contributed by atoms with E-state index in [1.54, 1.807) is 7.11 Å². The number of carbonyl (C=O) groups excluding carboxylic acids is 1. The van der Waals surface area contributed by atoms with Crippen molar-refractivity contribution in [2.45, 2.75) is 71.4 Å². The zero-order valence-corrected chi connectivity index (χ0v) is 21.7. The molecule has 4 rings (SSSR count). The molecule has 2 aromatic rings. The molecule has 35 heavy (non-hydrogen) atoms. The maximum Gasteiger partial charge on any atom is 0.226 e. The van der Waals surface area contributed by atoms with Crippen LogP contribution in [0.5, 0.6) is 11.5 Å². The Morgan fingerprint density at radius 3 is 2.51 bits per heavy atom. The summed E-state index contributed by atoms with van der Waals surface area (Å²) < 4.78 is 11.6. The SMILES string of the molecule is COc1ccc(CN2CCC3(CCCCc4ccccc4OC[C@H](CC(C)C)NC3=O)CC2)cc1. The predicted molar refractivity (Wildman–Crippen MR) is 141 cm³/mol. The number of hydrogen-bond acceptors (Lipinski definition) is 4. The molecule has 2 aliphatic rings. The van der Waals surface area contributed by atoms with E-state index in [2.05, 4.69) is 54.4 Å². The number of para-hydroxylation sites is 1. The summed E-state index contributed by atoms with van der Waals surface area (Å²) in [7, 11) is 1.70. The molecule has 1 atom stereocenters. The molecule has 0 aliphatic carbocycles. The molecule has 190 valence electrons. The van der Waals surface area contributed by atoms with Crippen LogP contribution >= 0.6 is 0 Å². The fraction of sp³-hybridized carbons (Fsp3) is 0.567. The molecule has 1 spiro atoms. The van der Waals surface area contributed by atoms with E-state index in [0.29, 0.717) is 12.5 Å². The fourth-order valence-corrected chi connectivity index (χ4v) is 5.62. The van der Waals surface area contributed by atoms with Crippen LogP contribution in [0, 0.1) is 11.3 Å². The number of amides is 1. The highest BCUT2D eigenvalue weighted by atomic mass is 16.5. The van der Waals surface area contributed by atoms with Crippen LogP contribution in [-0.4, -0.2) is 43.7 Å². The minimum absolute atomic E-state index is 0.0317. The maximum atomic E-state index is 13.8. The highest BCUT2D eigenvalue weighted by Gasteiger charge is 2.41. The number of hydrogen-bond donors (Lipinski definition) is 1. The van der Waals surface area contributed by atoms with E-state index in [0.717, 1.165) is 76.1 Å². The van der Waals surface area contributed by atoms with Gasteiger partial charge in [0, 0.05) is 6.54 Å². The van der Waals surface area contributed by atoms with Crippen molar-refractivity contribution in [2.24, 2.45) is 11.3 Å². The molecule has 0 radical (unpaired) electrons. The largest absolute Gasteiger partial charge is 0.497 e. The molecule has 2 aliphatic heterocycles. The van der Waals surface area contributed by atoms with E-state index in [4.69, 9.17) is 9.47 Å². The average Bonchev–Trinajstić information content (AvgIpc) is 2.86. The summed E-state index contributed by atoms with van der Waals surface area (Å²) >= 11 is 0. The summed E-state index contributed by atoms with van der Waals surface area (Å²) in [5.74, 6) is 2.59. The van der Waals surface area contributed by atoms with Gasteiger partial charge in [0.15, 0.2) is 0 Å². The van der Waals surface area contributed by atoms with Gasteiger partial charge in [-0.05, 0) is 86.9 Å². The van der Waals surface area contributed by atoms with Gasteiger partial charge in [-0.25, -0.2) is 0 Å². The normalized spacial score (nSPS) is 21.4. The molecule has 1 amide bonds. The number of aryl methyl sites for hydroxylation is 1. The molecule has 1 fully saturated rings. The van der Waals surface area contributed by atoms with Gasteiger partial charge in [0.2, 0.25) is 5.91 Å². The number of fused-ring (bicyclic) bond motifs is 1. The van der Waals surface area contributed by atoms with Crippen molar-refractivity contribution in [3.63, 3.8) is 0 Å². The van der Waals surface area contributed by atoms with Gasteiger partial charge in [-0.1, -0.05) is 50.6 Å². The topological polar surface area (TPSA) is 50.8 Å². The van der Waals surface area contributed by atoms with Crippen LogP contribution in [0.15, 0.2) is 48.5 Å². The molecule has 0 unspecified atom stereocenters. The minimum Gasteiger partial charge on any atom is -0.497 e. The average molecular weight is 479 g/mol. The van der Waals surface area contributed by atoms with Crippen molar-refractivity contribution in [2.75, 3.05) is 26.8 Å². The third-order valence-electron chi connectivity index (χ3n) is 7.72. The van der Waals surface area contributed by atoms with Gasteiger partial charge in [0.05, 0.1) is 18.6 Å². The van der Waals surface area contributed by atoms with Crippen molar-refractivity contribution in [1.82, 2.24) is 10.2 Å². The summed E-state index contributed by atoms with van der Waals surface area (Å²) in [6, 6.07) is 16.7. The first kappa shape index (κ1) is 25.6. The van der Waals surface area contributed by atoms with E-state index < -0.39 is 0 Å². The summed E-state index contributed by atoms with van der Waals surface area (Å²) in [6.45, 7) is 7.78. The van der Waals surface area contributed by atoms with E-state index in [-0.39, 0.29) is 17.4 Å². The second-order valence-corrected chi connectivity index (χ2v) is 10.8. The van der Waals surface area contributed by atoms with Crippen LogP contribution < -0.4 is 14.8 Å². The number of nitrogens with one attached hydrogen (secondary N) is 1. The second kappa shape index (κ2) is 11.9. The van der Waals surface area contributed by atoms with Gasteiger partial charge in [-0.2, -0.15) is 0 Å². The van der Waals surface area contributed by atoms with Crippen LogP contribution in [0.4, 0.5) is 0 Å². The number of methoxy groups -OCH3 is 1. The van der Waals surface area contributed by atoms with Crippen LogP contribution in [0.1, 0.15) is 63.5 Å². The monoisotopic (exact) mass is 478 g/mol. The Balaban J connectivity index is 1.45. The fourth-order valence-electron chi connectivity index (χ4n) is 5.62. The smallest absolute Gasteiger partial charge is 0.226 e. The first-order valence-electron chi connectivity index (χ1n) is 13.3. The predicted octanol–water partition coefficient (Wildman–Crippen LogP) is 5.61. The van der Waals surface area contributed by atoms with Crippen LogP contribution in [0.25, 0.3) is 0 Å². The van der Waals surface area contributed by atoms with Crippen molar-refractivity contribution in [1.29, 1.82) is 0 Å². The number of rotatable bonds is 5. The van der Waals surface area contributed by atoms with Gasteiger partial charge in [0.1, 0.15) is 18.1 Å². The Bertz CT molecular complexity index is 948. The van der Waals surface area contributed by atoms with Crippen molar-refractivity contribution in [3.8, 4) is 11.5 Å². The number of carbonyl (C=O) groups is 1. The Morgan fingerprint density at radius 2 is 1.80 bits per heavy atom. The molecule has 1 N–H and O–H groups in total.